The third-order valence-corrected chi connectivity index (χ3v) is 2.25. The van der Waals surface area contributed by atoms with Gasteiger partial charge in [0.15, 0.2) is 0 Å². The van der Waals surface area contributed by atoms with E-state index in [1.54, 1.807) is 0 Å². The molecule has 4 heteroatoms. The van der Waals surface area contributed by atoms with E-state index in [-0.39, 0.29) is 0 Å². The van der Waals surface area contributed by atoms with Crippen LogP contribution in [0.2, 0.25) is 0 Å². The molecule has 0 fully saturated rings. The number of ether oxygens (including phenoxy) is 1. The molecule has 0 aliphatic carbocycles. The van der Waals surface area contributed by atoms with Gasteiger partial charge in [0.05, 0.1) is 6.61 Å². The standard InChI is InChI=1S/C10H12INO2/c1-2-7-14-10(13)12-9-5-3-8(11)4-6-9/h3-6H,2,7H2,1H3,(H,12,13). The minimum absolute atomic E-state index is 0.395. The lowest BCUT2D eigenvalue weighted by Crippen LogP contribution is -2.13. The second kappa shape index (κ2) is 5.85. The lowest BCUT2D eigenvalue weighted by molar-refractivity contribution is 0.161. The molecule has 0 spiro atoms. The number of amides is 1. The SMILES string of the molecule is CCCOC(=O)Nc1ccc(I)cc1. The number of hydrogen-bond acceptors (Lipinski definition) is 2. The Kier molecular flexibility index (Phi) is 4.72. The van der Waals surface area contributed by atoms with Crippen molar-refractivity contribution >= 4 is 34.4 Å². The van der Waals surface area contributed by atoms with Crippen LogP contribution in [0.4, 0.5) is 10.5 Å². The molecule has 0 radical (unpaired) electrons. The molecule has 0 unspecified atom stereocenters. The molecule has 1 rings (SSSR count). The summed E-state index contributed by atoms with van der Waals surface area (Å²) in [7, 11) is 0. The first-order valence-corrected chi connectivity index (χ1v) is 5.49. The molecule has 1 N–H and O–H groups in total. The lowest BCUT2D eigenvalue weighted by atomic mass is 10.3. The average Bonchev–Trinajstić information content (AvgIpc) is 2.18. The van der Waals surface area contributed by atoms with Crippen molar-refractivity contribution in [2.75, 3.05) is 11.9 Å². The van der Waals surface area contributed by atoms with Crippen LogP contribution in [-0.2, 0) is 4.74 Å². The summed E-state index contributed by atoms with van der Waals surface area (Å²) < 4.78 is 6.01. The number of carbonyl (C=O) groups is 1. The van der Waals surface area contributed by atoms with Gasteiger partial charge in [0.25, 0.3) is 0 Å². The van der Waals surface area contributed by atoms with Gasteiger partial charge in [-0.15, -0.1) is 0 Å². The lowest BCUT2D eigenvalue weighted by Gasteiger charge is -2.05. The summed E-state index contributed by atoms with van der Waals surface area (Å²) in [6, 6.07) is 7.54. The smallest absolute Gasteiger partial charge is 0.411 e. The second-order valence-electron chi connectivity index (χ2n) is 2.77. The van der Waals surface area contributed by atoms with E-state index in [0.29, 0.717) is 6.61 Å². The molecule has 0 aliphatic heterocycles. The molecule has 76 valence electrons. The van der Waals surface area contributed by atoms with E-state index in [1.807, 2.05) is 31.2 Å². The molecule has 0 aromatic heterocycles. The van der Waals surface area contributed by atoms with Crippen molar-refractivity contribution in [3.05, 3.63) is 27.8 Å². The maximum absolute atomic E-state index is 11.1. The number of halogens is 1. The molecule has 14 heavy (non-hydrogen) atoms. The Morgan fingerprint density at radius 3 is 2.64 bits per heavy atom. The van der Waals surface area contributed by atoms with Crippen molar-refractivity contribution in [3.8, 4) is 0 Å². The number of rotatable bonds is 3. The Morgan fingerprint density at radius 1 is 1.43 bits per heavy atom. The van der Waals surface area contributed by atoms with Crippen molar-refractivity contribution in [3.63, 3.8) is 0 Å². The van der Waals surface area contributed by atoms with Crippen LogP contribution in [0.15, 0.2) is 24.3 Å². The highest BCUT2D eigenvalue weighted by Crippen LogP contribution is 2.11. The molecule has 0 atom stereocenters. The Balaban J connectivity index is 2.44. The summed E-state index contributed by atoms with van der Waals surface area (Å²) in [4.78, 5) is 11.1. The first-order valence-electron chi connectivity index (χ1n) is 4.41. The third kappa shape index (κ3) is 3.95. The molecule has 1 amide bonds. The van der Waals surface area contributed by atoms with E-state index in [1.165, 1.54) is 0 Å². The van der Waals surface area contributed by atoms with Crippen LogP contribution in [0, 0.1) is 3.57 Å². The van der Waals surface area contributed by atoms with E-state index in [4.69, 9.17) is 4.74 Å². The van der Waals surface area contributed by atoms with Crippen LogP contribution in [0.3, 0.4) is 0 Å². The maximum Gasteiger partial charge on any atom is 0.411 e. The minimum atomic E-state index is -0.395. The van der Waals surface area contributed by atoms with Gasteiger partial charge in [0.1, 0.15) is 0 Å². The monoisotopic (exact) mass is 305 g/mol. The predicted molar refractivity (Wildman–Crippen MR) is 64.4 cm³/mol. The molecular formula is C10H12INO2. The Bertz CT molecular complexity index is 297. The van der Waals surface area contributed by atoms with E-state index < -0.39 is 6.09 Å². The van der Waals surface area contributed by atoms with Crippen molar-refractivity contribution < 1.29 is 9.53 Å². The highest BCUT2D eigenvalue weighted by atomic mass is 127. The highest BCUT2D eigenvalue weighted by Gasteiger charge is 2.01. The summed E-state index contributed by atoms with van der Waals surface area (Å²) in [6.45, 7) is 2.41. The molecule has 0 bridgehead atoms. The van der Waals surface area contributed by atoms with Crippen LogP contribution >= 0.6 is 22.6 Å². The van der Waals surface area contributed by atoms with E-state index in [0.717, 1.165) is 15.7 Å². The summed E-state index contributed by atoms with van der Waals surface area (Å²) in [5.41, 5.74) is 0.756. The normalized spacial score (nSPS) is 9.57. The van der Waals surface area contributed by atoms with E-state index >= 15 is 0 Å². The summed E-state index contributed by atoms with van der Waals surface area (Å²) in [5.74, 6) is 0. The quantitative estimate of drug-likeness (QED) is 0.871. The van der Waals surface area contributed by atoms with Crippen LogP contribution in [0.25, 0.3) is 0 Å². The van der Waals surface area contributed by atoms with E-state index in [2.05, 4.69) is 27.9 Å². The fourth-order valence-electron chi connectivity index (χ4n) is 0.882. The number of carbonyl (C=O) groups excluding carboxylic acids is 1. The summed E-state index contributed by atoms with van der Waals surface area (Å²) >= 11 is 2.21. The molecule has 0 aliphatic rings. The molecule has 1 aromatic carbocycles. The summed E-state index contributed by atoms with van der Waals surface area (Å²) in [5, 5.41) is 2.64. The third-order valence-electron chi connectivity index (χ3n) is 1.53. The van der Waals surface area contributed by atoms with Gasteiger partial charge in [-0.2, -0.15) is 0 Å². The van der Waals surface area contributed by atoms with Gasteiger partial charge in [-0.3, -0.25) is 5.32 Å². The number of hydrogen-bond donors (Lipinski definition) is 1. The highest BCUT2D eigenvalue weighted by molar-refractivity contribution is 14.1. The molecular weight excluding hydrogens is 293 g/mol. The molecule has 1 aromatic rings. The fourth-order valence-corrected chi connectivity index (χ4v) is 1.24. The van der Waals surface area contributed by atoms with Gasteiger partial charge in [-0.05, 0) is 53.3 Å². The van der Waals surface area contributed by atoms with Gasteiger partial charge in [0, 0.05) is 9.26 Å². The van der Waals surface area contributed by atoms with Crippen molar-refractivity contribution in [2.45, 2.75) is 13.3 Å². The first kappa shape index (κ1) is 11.3. The van der Waals surface area contributed by atoms with Crippen molar-refractivity contribution in [1.29, 1.82) is 0 Å². The predicted octanol–water partition coefficient (Wildman–Crippen LogP) is 3.25. The largest absolute Gasteiger partial charge is 0.449 e. The number of benzene rings is 1. The van der Waals surface area contributed by atoms with Crippen LogP contribution in [-0.4, -0.2) is 12.7 Å². The molecule has 3 nitrogen and oxygen atoms in total. The van der Waals surface area contributed by atoms with Crippen molar-refractivity contribution in [1.82, 2.24) is 0 Å². The molecule has 0 saturated carbocycles. The maximum atomic E-state index is 11.1. The first-order chi connectivity index (χ1) is 6.72. The number of anilines is 1. The number of nitrogens with one attached hydrogen (secondary N) is 1. The van der Waals surface area contributed by atoms with Gasteiger partial charge in [-0.25, -0.2) is 4.79 Å². The Labute approximate surface area is 97.0 Å². The average molecular weight is 305 g/mol. The molecule has 0 saturated heterocycles. The van der Waals surface area contributed by atoms with Gasteiger partial charge >= 0.3 is 6.09 Å². The topological polar surface area (TPSA) is 38.3 Å². The van der Waals surface area contributed by atoms with E-state index in [9.17, 15) is 4.79 Å². The van der Waals surface area contributed by atoms with Gasteiger partial charge in [0.2, 0.25) is 0 Å². The fraction of sp³-hybridized carbons (Fsp3) is 0.300. The Morgan fingerprint density at radius 2 is 2.07 bits per heavy atom. The summed E-state index contributed by atoms with van der Waals surface area (Å²) in [6.07, 6.45) is 0.438. The Hall–Kier alpha value is -0.780. The van der Waals surface area contributed by atoms with Gasteiger partial charge < -0.3 is 4.74 Å². The van der Waals surface area contributed by atoms with Crippen LogP contribution in [0.5, 0.6) is 0 Å². The minimum Gasteiger partial charge on any atom is -0.449 e. The zero-order valence-corrected chi connectivity index (χ0v) is 10.1. The molecule has 0 heterocycles. The van der Waals surface area contributed by atoms with Crippen LogP contribution < -0.4 is 5.32 Å². The zero-order valence-electron chi connectivity index (χ0n) is 7.92. The zero-order chi connectivity index (χ0) is 10.4. The van der Waals surface area contributed by atoms with Crippen LogP contribution in [0.1, 0.15) is 13.3 Å². The second-order valence-corrected chi connectivity index (χ2v) is 4.01. The van der Waals surface area contributed by atoms with Gasteiger partial charge in [-0.1, -0.05) is 6.92 Å². The van der Waals surface area contributed by atoms with Crippen molar-refractivity contribution in [2.24, 2.45) is 0 Å².